The van der Waals surface area contributed by atoms with Gasteiger partial charge in [-0.1, -0.05) is 0 Å². The van der Waals surface area contributed by atoms with Crippen molar-refractivity contribution in [3.05, 3.63) is 24.3 Å². The highest BCUT2D eigenvalue weighted by Gasteiger charge is 2.26. The second kappa shape index (κ2) is 8.43. The molecule has 0 spiro atoms. The molecular weight excluding hydrogens is 338 g/mol. The summed E-state index contributed by atoms with van der Waals surface area (Å²) < 4.78 is 44.3. The van der Waals surface area contributed by atoms with Crippen molar-refractivity contribution < 1.29 is 31.6 Å². The molecule has 2 atom stereocenters. The molecule has 0 aromatic heterocycles. The van der Waals surface area contributed by atoms with E-state index in [-0.39, 0.29) is 11.5 Å². The van der Waals surface area contributed by atoms with Crippen molar-refractivity contribution in [1.29, 1.82) is 0 Å². The minimum absolute atomic E-state index is 0.166. The summed E-state index contributed by atoms with van der Waals surface area (Å²) in [6.07, 6.45) is 2.23. The molecule has 2 N–H and O–H groups in total. The van der Waals surface area contributed by atoms with Crippen LogP contribution < -0.4 is 10.5 Å². The summed E-state index contributed by atoms with van der Waals surface area (Å²) in [7, 11) is -2.79. The molecule has 0 bridgehead atoms. The normalized spacial score (nSPS) is 19.5. The molecule has 1 heterocycles. The van der Waals surface area contributed by atoms with Crippen LogP contribution in [0.1, 0.15) is 19.3 Å². The van der Waals surface area contributed by atoms with E-state index in [1.165, 1.54) is 31.4 Å². The quantitative estimate of drug-likeness (QED) is 0.711. The first-order valence-corrected chi connectivity index (χ1v) is 8.94. The molecule has 1 unspecified atom stereocenters. The monoisotopic (exact) mass is 359 g/mol. The molecule has 1 aliphatic rings. The Balaban J connectivity index is 1.88. The van der Waals surface area contributed by atoms with Gasteiger partial charge in [-0.3, -0.25) is 0 Å². The Morgan fingerprint density at radius 3 is 2.62 bits per heavy atom. The molecule has 1 aliphatic heterocycles. The third kappa shape index (κ3) is 5.17. The van der Waals surface area contributed by atoms with Gasteiger partial charge in [-0.05, 0) is 43.5 Å². The van der Waals surface area contributed by atoms with E-state index in [4.69, 9.17) is 19.9 Å². The number of benzene rings is 1. The Hall–Kier alpha value is -1.68. The number of rotatable bonds is 7. The fourth-order valence-corrected chi connectivity index (χ4v) is 2.99. The first-order valence-electron chi connectivity index (χ1n) is 7.53. The summed E-state index contributed by atoms with van der Waals surface area (Å²) in [6.45, 7) is 0.415. The van der Waals surface area contributed by atoms with Crippen LogP contribution in [0.25, 0.3) is 0 Å². The lowest BCUT2D eigenvalue weighted by Crippen LogP contribution is -2.39. The molecule has 1 fully saturated rings. The Morgan fingerprint density at radius 1 is 1.33 bits per heavy atom. The average molecular weight is 359 g/mol. The van der Waals surface area contributed by atoms with Crippen LogP contribution in [0.4, 0.5) is 0 Å². The molecule has 9 heteroatoms. The van der Waals surface area contributed by atoms with Crippen molar-refractivity contribution in [1.82, 2.24) is 0 Å². The van der Waals surface area contributed by atoms with E-state index in [0.717, 1.165) is 12.8 Å². The van der Waals surface area contributed by atoms with E-state index in [2.05, 4.69) is 4.18 Å². The highest BCUT2D eigenvalue weighted by Crippen LogP contribution is 2.18. The fourth-order valence-electron chi connectivity index (χ4n) is 2.08. The van der Waals surface area contributed by atoms with Gasteiger partial charge in [-0.25, -0.2) is 4.79 Å². The van der Waals surface area contributed by atoms with E-state index in [1.807, 2.05) is 0 Å². The molecule has 1 saturated heterocycles. The first kappa shape index (κ1) is 18.7. The van der Waals surface area contributed by atoms with Gasteiger partial charge >= 0.3 is 16.1 Å². The smallest absolute Gasteiger partial charge is 0.341 e. The average Bonchev–Trinajstić information content (AvgIpc) is 2.60. The maximum absolute atomic E-state index is 12.0. The number of ether oxygens (including phenoxy) is 3. The Kier molecular flexibility index (Phi) is 6.55. The third-order valence-corrected chi connectivity index (χ3v) is 4.68. The molecule has 0 radical (unpaired) electrons. The lowest BCUT2D eigenvalue weighted by molar-refractivity contribution is -0.169. The van der Waals surface area contributed by atoms with Gasteiger partial charge < -0.3 is 24.1 Å². The molecule has 1 aromatic rings. The predicted octanol–water partition coefficient (Wildman–Crippen LogP) is 0.798. The van der Waals surface area contributed by atoms with Gasteiger partial charge in [0.2, 0.25) is 0 Å². The zero-order valence-electron chi connectivity index (χ0n) is 13.3. The molecule has 0 amide bonds. The van der Waals surface area contributed by atoms with Crippen LogP contribution in [0, 0.1) is 0 Å². The summed E-state index contributed by atoms with van der Waals surface area (Å²) in [5, 5.41) is 0. The van der Waals surface area contributed by atoms with E-state index < -0.39 is 28.4 Å². The lowest BCUT2D eigenvalue weighted by atomic mass is 10.2. The second-order valence-corrected chi connectivity index (χ2v) is 6.81. The van der Waals surface area contributed by atoms with Crippen molar-refractivity contribution >= 4 is 16.1 Å². The Morgan fingerprint density at radius 2 is 2.04 bits per heavy atom. The summed E-state index contributed by atoms with van der Waals surface area (Å²) in [5.74, 6) is -0.598. The van der Waals surface area contributed by atoms with Crippen LogP contribution in [0.15, 0.2) is 29.2 Å². The molecule has 1 aromatic carbocycles. The molecule has 24 heavy (non-hydrogen) atoms. The van der Waals surface area contributed by atoms with Crippen LogP contribution in [-0.2, 0) is 28.6 Å². The van der Waals surface area contributed by atoms with Crippen LogP contribution in [0.3, 0.4) is 0 Å². The lowest BCUT2D eigenvalue weighted by Gasteiger charge is -2.23. The van der Waals surface area contributed by atoms with Crippen molar-refractivity contribution in [2.45, 2.75) is 36.5 Å². The summed E-state index contributed by atoms with van der Waals surface area (Å²) >= 11 is 0. The van der Waals surface area contributed by atoms with Gasteiger partial charge in [0.05, 0.1) is 13.7 Å². The summed E-state index contributed by atoms with van der Waals surface area (Å²) in [4.78, 5) is 11.7. The highest BCUT2D eigenvalue weighted by atomic mass is 32.2. The van der Waals surface area contributed by atoms with E-state index in [1.54, 1.807) is 0 Å². The maximum Gasteiger partial charge on any atom is 0.341 e. The minimum Gasteiger partial charge on any atom is -0.497 e. The molecular formula is C15H21NO7S. The molecule has 2 rings (SSSR count). The van der Waals surface area contributed by atoms with Crippen molar-refractivity contribution in [2.75, 3.05) is 20.3 Å². The number of carbonyl (C=O) groups excluding carboxylic acids is 1. The van der Waals surface area contributed by atoms with Crippen molar-refractivity contribution in [3.63, 3.8) is 0 Å². The van der Waals surface area contributed by atoms with Gasteiger partial charge in [0.25, 0.3) is 0 Å². The van der Waals surface area contributed by atoms with Crippen LogP contribution in [0.2, 0.25) is 0 Å². The van der Waals surface area contributed by atoms with E-state index in [0.29, 0.717) is 18.8 Å². The van der Waals surface area contributed by atoms with Crippen molar-refractivity contribution in [2.24, 2.45) is 5.73 Å². The Bertz CT molecular complexity index is 638. The van der Waals surface area contributed by atoms with Crippen molar-refractivity contribution in [3.8, 4) is 5.75 Å². The molecule has 134 valence electrons. The number of hydrogen-bond acceptors (Lipinski definition) is 8. The van der Waals surface area contributed by atoms with Gasteiger partial charge in [0.15, 0.2) is 6.29 Å². The van der Waals surface area contributed by atoms with Crippen LogP contribution in [-0.4, -0.2) is 47.0 Å². The van der Waals surface area contributed by atoms with Crippen LogP contribution >= 0.6 is 0 Å². The molecule has 0 saturated carbocycles. The van der Waals surface area contributed by atoms with Crippen LogP contribution in [0.5, 0.6) is 5.75 Å². The van der Waals surface area contributed by atoms with Gasteiger partial charge in [0.1, 0.15) is 16.7 Å². The van der Waals surface area contributed by atoms with E-state index >= 15 is 0 Å². The number of hydrogen-bond donors (Lipinski definition) is 1. The topological polar surface area (TPSA) is 114 Å². The maximum atomic E-state index is 12.0. The first-order chi connectivity index (χ1) is 11.4. The fraction of sp³-hybridized carbons (Fsp3) is 0.533. The summed E-state index contributed by atoms with van der Waals surface area (Å²) in [6, 6.07) is 4.23. The summed E-state index contributed by atoms with van der Waals surface area (Å²) in [5.41, 5.74) is 5.63. The zero-order chi connectivity index (χ0) is 17.6. The predicted molar refractivity (Wildman–Crippen MR) is 83.8 cm³/mol. The van der Waals surface area contributed by atoms with Gasteiger partial charge in [-0.15, -0.1) is 0 Å². The standard InChI is InChI=1S/C15H21NO7S/c1-20-11-5-7-12(8-6-11)24(18,19)23-15(17)13(16)10-22-14-4-2-3-9-21-14/h5-8,13-14H,2-4,9-10,16H2,1H3/t13-,14?/m0/s1. The van der Waals surface area contributed by atoms with Gasteiger partial charge in [0, 0.05) is 6.61 Å². The largest absolute Gasteiger partial charge is 0.497 e. The van der Waals surface area contributed by atoms with Gasteiger partial charge in [-0.2, -0.15) is 8.42 Å². The number of nitrogens with two attached hydrogens (primary N) is 1. The minimum atomic E-state index is -4.24. The highest BCUT2D eigenvalue weighted by molar-refractivity contribution is 7.87. The third-order valence-electron chi connectivity index (χ3n) is 3.44. The number of carbonyl (C=O) groups is 1. The number of methoxy groups -OCH3 is 1. The van der Waals surface area contributed by atoms with E-state index in [9.17, 15) is 13.2 Å². The molecule has 0 aliphatic carbocycles. The Labute approximate surface area is 141 Å². The second-order valence-electron chi connectivity index (χ2n) is 5.27. The molecule has 8 nitrogen and oxygen atoms in total. The zero-order valence-corrected chi connectivity index (χ0v) is 14.2. The SMILES string of the molecule is COc1ccc(S(=O)(=O)OC(=O)[C@@H](N)COC2CCCCO2)cc1.